The molecule has 1 rings (SSSR count). The van der Waals surface area contributed by atoms with E-state index in [2.05, 4.69) is 14.5 Å². The topological polar surface area (TPSA) is 31.4 Å². The summed E-state index contributed by atoms with van der Waals surface area (Å²) in [6.45, 7) is 0. The van der Waals surface area contributed by atoms with Gasteiger partial charge in [-0.25, -0.2) is 4.98 Å². The Kier molecular flexibility index (Phi) is 4.18. The number of halogens is 7. The van der Waals surface area contributed by atoms with E-state index in [1.807, 2.05) is 0 Å². The highest BCUT2D eigenvalue weighted by Gasteiger charge is 2.41. The van der Waals surface area contributed by atoms with Crippen molar-refractivity contribution in [3.05, 3.63) is 15.5 Å². The average molecular weight is 387 g/mol. The molecule has 0 bridgehead atoms. The van der Waals surface area contributed by atoms with Gasteiger partial charge in [0.15, 0.2) is 17.2 Å². The highest BCUT2D eigenvalue weighted by Crippen LogP contribution is 2.43. The first-order chi connectivity index (χ1) is 8.06. The summed E-state index contributed by atoms with van der Waals surface area (Å²) in [7, 11) is 0.797. The maximum atomic E-state index is 12.5. The minimum Gasteiger partial charge on any atom is -0.491 e. The number of aromatic nitrogens is 1. The first-order valence-electron chi connectivity index (χ1n) is 4.11. The fraction of sp³-hybridized carbons (Fsp3) is 0.375. The number of pyridine rings is 1. The smallest absolute Gasteiger partial charge is 0.491 e. The first kappa shape index (κ1) is 15.1. The summed E-state index contributed by atoms with van der Waals surface area (Å²) in [6, 6.07) is 0. The third kappa shape index (κ3) is 3.53. The summed E-state index contributed by atoms with van der Waals surface area (Å²) in [6.07, 6.45) is -9.45. The summed E-state index contributed by atoms with van der Waals surface area (Å²) in [5.41, 5.74) is -1.58. The predicted octanol–water partition coefficient (Wildman–Crippen LogP) is 3.61. The van der Waals surface area contributed by atoms with Crippen molar-refractivity contribution < 1.29 is 35.8 Å². The number of nitrogens with zero attached hydrogens (tertiary/aromatic N) is 1. The van der Waals surface area contributed by atoms with Crippen molar-refractivity contribution in [2.75, 3.05) is 7.11 Å². The van der Waals surface area contributed by atoms with Crippen molar-refractivity contribution in [1.82, 2.24) is 4.98 Å². The normalized spacial score (nSPS) is 12.4. The lowest BCUT2D eigenvalue weighted by molar-refractivity contribution is -0.275. The second kappa shape index (κ2) is 4.97. The van der Waals surface area contributed by atoms with E-state index in [-0.39, 0.29) is 3.57 Å². The van der Waals surface area contributed by atoms with Gasteiger partial charge in [0.05, 0.1) is 10.7 Å². The maximum Gasteiger partial charge on any atom is 0.573 e. The average Bonchev–Trinajstić information content (AvgIpc) is 2.17. The van der Waals surface area contributed by atoms with Gasteiger partial charge in [-0.2, -0.15) is 13.2 Å². The van der Waals surface area contributed by atoms with Crippen LogP contribution in [0.25, 0.3) is 0 Å². The highest BCUT2D eigenvalue weighted by atomic mass is 127. The van der Waals surface area contributed by atoms with Gasteiger partial charge in [-0.1, -0.05) is 0 Å². The molecule has 0 fully saturated rings. The maximum absolute atomic E-state index is 12.5. The molecule has 0 aliphatic rings. The molecule has 3 nitrogen and oxygen atoms in total. The molecule has 0 unspecified atom stereocenters. The Morgan fingerprint density at radius 1 is 1.11 bits per heavy atom. The van der Waals surface area contributed by atoms with Crippen LogP contribution in [0.3, 0.4) is 0 Å². The van der Waals surface area contributed by atoms with E-state index in [1.54, 1.807) is 0 Å². The van der Waals surface area contributed by atoms with E-state index in [0.29, 0.717) is 6.20 Å². The van der Waals surface area contributed by atoms with Crippen LogP contribution in [0.5, 0.6) is 11.5 Å². The van der Waals surface area contributed by atoms with Gasteiger partial charge in [0.2, 0.25) is 0 Å². The van der Waals surface area contributed by atoms with Crippen LogP contribution >= 0.6 is 22.6 Å². The van der Waals surface area contributed by atoms with Crippen LogP contribution in [-0.2, 0) is 6.18 Å². The standard InChI is InChI=1S/C8H4F6INO2/c1-17-5-4(18-8(12,13)14)3(15)2-16-6(5)7(9,10)11/h2H,1H3. The Balaban J connectivity index is 3.40. The predicted molar refractivity (Wildman–Crippen MR) is 55.2 cm³/mol. The van der Waals surface area contributed by atoms with Crippen molar-refractivity contribution in [3.63, 3.8) is 0 Å². The van der Waals surface area contributed by atoms with Crippen molar-refractivity contribution in [2.45, 2.75) is 12.5 Å². The Morgan fingerprint density at radius 3 is 2.06 bits per heavy atom. The minimum absolute atomic E-state index is 0.255. The molecule has 0 aromatic carbocycles. The molecule has 1 aromatic heterocycles. The van der Waals surface area contributed by atoms with Gasteiger partial charge < -0.3 is 9.47 Å². The molecule has 0 aliphatic heterocycles. The molecule has 1 heterocycles. The zero-order valence-corrected chi connectivity index (χ0v) is 10.6. The molecule has 18 heavy (non-hydrogen) atoms. The summed E-state index contributed by atoms with van der Waals surface area (Å²) >= 11 is 1.36. The summed E-state index contributed by atoms with van der Waals surface area (Å²) in [5.74, 6) is -2.17. The first-order valence-corrected chi connectivity index (χ1v) is 5.19. The molecule has 0 aliphatic carbocycles. The van der Waals surface area contributed by atoms with Crippen LogP contribution in [-0.4, -0.2) is 18.5 Å². The lowest BCUT2D eigenvalue weighted by Crippen LogP contribution is -2.20. The number of ether oxygens (including phenoxy) is 2. The summed E-state index contributed by atoms with van der Waals surface area (Å²) in [5, 5.41) is 0. The largest absolute Gasteiger partial charge is 0.573 e. The Hall–Kier alpha value is -0.940. The number of methoxy groups -OCH3 is 1. The highest BCUT2D eigenvalue weighted by molar-refractivity contribution is 14.1. The van der Waals surface area contributed by atoms with E-state index in [9.17, 15) is 26.3 Å². The Morgan fingerprint density at radius 2 is 1.67 bits per heavy atom. The third-order valence-corrected chi connectivity index (χ3v) is 2.40. The van der Waals surface area contributed by atoms with E-state index in [1.165, 1.54) is 22.6 Å². The molecular formula is C8H4F6INO2. The van der Waals surface area contributed by atoms with Crippen LogP contribution in [0.15, 0.2) is 6.20 Å². The SMILES string of the molecule is COc1c(C(F)(F)F)ncc(I)c1OC(F)(F)F. The molecule has 1 aromatic rings. The molecule has 0 saturated carbocycles. The van der Waals surface area contributed by atoms with Gasteiger partial charge in [0.25, 0.3) is 0 Å². The van der Waals surface area contributed by atoms with Crippen LogP contribution in [0.2, 0.25) is 0 Å². The van der Waals surface area contributed by atoms with E-state index in [0.717, 1.165) is 7.11 Å². The lowest BCUT2D eigenvalue weighted by atomic mass is 10.3. The lowest BCUT2D eigenvalue weighted by Gasteiger charge is -2.17. The molecular weight excluding hydrogens is 383 g/mol. The molecule has 10 heteroatoms. The monoisotopic (exact) mass is 387 g/mol. The molecule has 0 saturated heterocycles. The van der Waals surface area contributed by atoms with Crippen molar-refractivity contribution in [2.24, 2.45) is 0 Å². The molecule has 0 radical (unpaired) electrons. The molecule has 0 atom stereocenters. The molecule has 0 spiro atoms. The molecule has 0 amide bonds. The van der Waals surface area contributed by atoms with Crippen molar-refractivity contribution in [1.29, 1.82) is 0 Å². The third-order valence-electron chi connectivity index (χ3n) is 1.64. The van der Waals surface area contributed by atoms with Gasteiger partial charge in [0.1, 0.15) is 0 Å². The molecule has 102 valence electrons. The Labute approximate surface area is 110 Å². The van der Waals surface area contributed by atoms with Gasteiger partial charge in [-0.15, -0.1) is 13.2 Å². The number of hydrogen-bond acceptors (Lipinski definition) is 3. The van der Waals surface area contributed by atoms with Crippen LogP contribution in [0.1, 0.15) is 5.69 Å². The Bertz CT molecular complexity index is 444. The quantitative estimate of drug-likeness (QED) is 0.574. The van der Waals surface area contributed by atoms with Gasteiger partial charge >= 0.3 is 12.5 Å². The minimum atomic E-state index is -5.13. The zero-order valence-electron chi connectivity index (χ0n) is 8.49. The number of rotatable bonds is 2. The van der Waals surface area contributed by atoms with E-state index >= 15 is 0 Å². The summed E-state index contributed by atoms with van der Waals surface area (Å²) < 4.78 is 81.3. The van der Waals surface area contributed by atoms with Crippen molar-refractivity contribution >= 4 is 22.6 Å². The van der Waals surface area contributed by atoms with Gasteiger partial charge in [-0.3, -0.25) is 0 Å². The second-order valence-electron chi connectivity index (χ2n) is 2.86. The fourth-order valence-electron chi connectivity index (χ4n) is 1.06. The van der Waals surface area contributed by atoms with E-state index < -0.39 is 29.7 Å². The van der Waals surface area contributed by atoms with Crippen LogP contribution < -0.4 is 9.47 Å². The van der Waals surface area contributed by atoms with Crippen LogP contribution in [0.4, 0.5) is 26.3 Å². The van der Waals surface area contributed by atoms with Crippen molar-refractivity contribution in [3.8, 4) is 11.5 Å². The second-order valence-corrected chi connectivity index (χ2v) is 4.02. The summed E-state index contributed by atoms with van der Waals surface area (Å²) in [4.78, 5) is 3.01. The number of hydrogen-bond donors (Lipinski definition) is 0. The fourth-order valence-corrected chi connectivity index (χ4v) is 1.55. The van der Waals surface area contributed by atoms with Crippen LogP contribution in [0, 0.1) is 3.57 Å². The zero-order chi connectivity index (χ0) is 14.1. The number of alkyl halides is 6. The van der Waals surface area contributed by atoms with Gasteiger partial charge in [0, 0.05) is 6.20 Å². The molecule has 0 N–H and O–H groups in total. The van der Waals surface area contributed by atoms with Gasteiger partial charge in [-0.05, 0) is 22.6 Å². The van der Waals surface area contributed by atoms with E-state index in [4.69, 9.17) is 0 Å².